The summed E-state index contributed by atoms with van der Waals surface area (Å²) < 4.78 is 16.8. The van der Waals surface area contributed by atoms with Crippen molar-refractivity contribution in [3.05, 3.63) is 0 Å². The van der Waals surface area contributed by atoms with Gasteiger partial charge in [-0.2, -0.15) is 0 Å². The molecule has 0 radical (unpaired) electrons. The van der Waals surface area contributed by atoms with E-state index in [-0.39, 0.29) is 31.1 Å². The van der Waals surface area contributed by atoms with E-state index in [1.54, 1.807) is 0 Å². The van der Waals surface area contributed by atoms with Crippen molar-refractivity contribution in [3.8, 4) is 0 Å². The van der Waals surface area contributed by atoms with Gasteiger partial charge in [-0.25, -0.2) is 0 Å². The molecule has 1 atom stereocenters. The molecule has 0 aliphatic rings. The van der Waals surface area contributed by atoms with Crippen LogP contribution in [-0.4, -0.2) is 37.2 Å². The van der Waals surface area contributed by atoms with Crippen LogP contribution in [-0.2, 0) is 28.6 Å². The molecule has 0 saturated carbocycles. The van der Waals surface area contributed by atoms with Gasteiger partial charge in [0.1, 0.15) is 13.2 Å². The second kappa shape index (κ2) is 49.1. The molecule has 0 aromatic rings. The highest BCUT2D eigenvalue weighted by atomic mass is 16.6. The van der Waals surface area contributed by atoms with Crippen LogP contribution in [0.15, 0.2) is 0 Å². The number of unbranched alkanes of at least 4 members (excludes halogenated alkanes) is 38. The van der Waals surface area contributed by atoms with Gasteiger partial charge in [-0.15, -0.1) is 0 Å². The average Bonchev–Trinajstić information content (AvgIpc) is 3.23. The molecule has 0 spiro atoms. The Hall–Kier alpha value is -1.59. The molecule has 0 heterocycles. The summed E-state index contributed by atoms with van der Waals surface area (Å²) in [5, 5.41) is 0. The van der Waals surface area contributed by atoms with E-state index in [1.165, 1.54) is 205 Å². The van der Waals surface area contributed by atoms with Crippen molar-refractivity contribution in [1.29, 1.82) is 0 Å². The van der Waals surface area contributed by atoms with Crippen LogP contribution in [0.3, 0.4) is 0 Å². The molecule has 0 aromatic heterocycles. The van der Waals surface area contributed by atoms with Crippen LogP contribution in [0.25, 0.3) is 0 Å². The summed E-state index contributed by atoms with van der Waals surface area (Å²) in [4.78, 5) is 37.9. The Kier molecular flexibility index (Phi) is 47.7. The minimum absolute atomic E-state index is 0.0617. The highest BCUT2D eigenvalue weighted by Gasteiger charge is 2.19. The lowest BCUT2D eigenvalue weighted by molar-refractivity contribution is -0.167. The fourth-order valence-electron chi connectivity index (χ4n) is 8.09. The van der Waals surface area contributed by atoms with Gasteiger partial charge >= 0.3 is 17.9 Å². The molecular formula is C53H102O6. The van der Waals surface area contributed by atoms with Crippen LogP contribution in [0.4, 0.5) is 0 Å². The third-order valence-electron chi connectivity index (χ3n) is 12.1. The van der Waals surface area contributed by atoms with Crippen molar-refractivity contribution in [2.75, 3.05) is 13.2 Å². The zero-order valence-corrected chi connectivity index (χ0v) is 40.1. The summed E-state index contributed by atoms with van der Waals surface area (Å²) in [7, 11) is 0. The van der Waals surface area contributed by atoms with E-state index in [9.17, 15) is 14.4 Å². The van der Waals surface area contributed by atoms with E-state index < -0.39 is 6.10 Å². The Bertz CT molecular complexity index is 874. The molecule has 0 aromatic carbocycles. The number of carbonyl (C=O) groups excluding carboxylic acids is 3. The predicted molar refractivity (Wildman–Crippen MR) is 252 cm³/mol. The molecule has 0 saturated heterocycles. The van der Waals surface area contributed by atoms with Crippen LogP contribution in [0.1, 0.15) is 303 Å². The summed E-state index contributed by atoms with van der Waals surface area (Å²) in [6.45, 7) is 6.68. The summed E-state index contributed by atoms with van der Waals surface area (Å²) in [5.41, 5.74) is 0. The van der Waals surface area contributed by atoms with Crippen LogP contribution in [0.5, 0.6) is 0 Å². The number of ether oxygens (including phenoxy) is 3. The molecule has 0 aliphatic carbocycles. The molecule has 6 nitrogen and oxygen atoms in total. The Labute approximate surface area is 368 Å². The number of esters is 3. The highest BCUT2D eigenvalue weighted by molar-refractivity contribution is 5.71. The van der Waals surface area contributed by atoms with Crippen molar-refractivity contribution >= 4 is 17.9 Å². The average molecular weight is 835 g/mol. The van der Waals surface area contributed by atoms with Gasteiger partial charge in [0.05, 0.1) is 0 Å². The first kappa shape index (κ1) is 57.4. The molecule has 59 heavy (non-hydrogen) atoms. The van der Waals surface area contributed by atoms with Crippen LogP contribution < -0.4 is 0 Å². The highest BCUT2D eigenvalue weighted by Crippen LogP contribution is 2.17. The first-order valence-electron chi connectivity index (χ1n) is 26.5. The third kappa shape index (κ3) is 47.3. The lowest BCUT2D eigenvalue weighted by atomic mass is 10.0. The molecule has 350 valence electrons. The smallest absolute Gasteiger partial charge is 0.306 e. The van der Waals surface area contributed by atoms with Crippen LogP contribution in [0, 0.1) is 0 Å². The Morgan fingerprint density at radius 1 is 0.271 bits per heavy atom. The monoisotopic (exact) mass is 835 g/mol. The molecule has 0 N–H and O–H groups in total. The zero-order valence-electron chi connectivity index (χ0n) is 40.1. The standard InChI is InChI=1S/C53H102O6/c1-4-7-10-13-16-19-22-24-26-28-30-32-35-38-41-44-47-53(56)59-50(48-57-51(54)45-42-39-36-33-21-18-15-12-9-6-3)49-58-52(55)46-43-40-37-34-31-29-27-25-23-20-17-14-11-8-5-2/h50H,4-49H2,1-3H3/t50-/m1/s1. The largest absolute Gasteiger partial charge is 0.462 e. The van der Waals surface area contributed by atoms with Gasteiger partial charge in [-0.1, -0.05) is 265 Å². The normalized spacial score (nSPS) is 11.8. The van der Waals surface area contributed by atoms with E-state index in [0.717, 1.165) is 57.8 Å². The second-order valence-electron chi connectivity index (χ2n) is 18.2. The number of rotatable bonds is 49. The fraction of sp³-hybridized carbons (Fsp3) is 0.943. The lowest BCUT2D eigenvalue weighted by Gasteiger charge is -2.18. The van der Waals surface area contributed by atoms with Gasteiger partial charge in [-0.3, -0.25) is 14.4 Å². The van der Waals surface area contributed by atoms with E-state index >= 15 is 0 Å². The SMILES string of the molecule is CCCCCCCCCCCCCCCCCCC(=O)O[C@H](COC(=O)CCCCCCCCCCCC)COC(=O)CCCCCCCCCCCCCCCCC. The van der Waals surface area contributed by atoms with Crippen molar-refractivity contribution in [2.24, 2.45) is 0 Å². The lowest BCUT2D eigenvalue weighted by Crippen LogP contribution is -2.30. The minimum Gasteiger partial charge on any atom is -0.462 e. The minimum atomic E-state index is -0.759. The Morgan fingerprint density at radius 2 is 0.458 bits per heavy atom. The van der Waals surface area contributed by atoms with Crippen molar-refractivity contribution in [3.63, 3.8) is 0 Å². The maximum absolute atomic E-state index is 12.8. The number of hydrogen-bond acceptors (Lipinski definition) is 6. The van der Waals surface area contributed by atoms with Gasteiger partial charge in [0, 0.05) is 19.3 Å². The third-order valence-corrected chi connectivity index (χ3v) is 12.1. The maximum Gasteiger partial charge on any atom is 0.306 e. The van der Waals surface area contributed by atoms with E-state index in [1.807, 2.05) is 0 Å². The van der Waals surface area contributed by atoms with E-state index in [4.69, 9.17) is 14.2 Å². The van der Waals surface area contributed by atoms with Gasteiger partial charge < -0.3 is 14.2 Å². The molecular weight excluding hydrogens is 733 g/mol. The van der Waals surface area contributed by atoms with Crippen LogP contribution in [0.2, 0.25) is 0 Å². The van der Waals surface area contributed by atoms with Crippen molar-refractivity contribution < 1.29 is 28.6 Å². The fourth-order valence-corrected chi connectivity index (χ4v) is 8.09. The molecule has 6 heteroatoms. The summed E-state index contributed by atoms with van der Waals surface area (Å²) in [6, 6.07) is 0. The molecule has 0 fully saturated rings. The zero-order chi connectivity index (χ0) is 43.0. The van der Waals surface area contributed by atoms with E-state index in [0.29, 0.717) is 19.3 Å². The van der Waals surface area contributed by atoms with E-state index in [2.05, 4.69) is 20.8 Å². The molecule has 0 amide bonds. The predicted octanol–water partition coefficient (Wildman–Crippen LogP) is 17.2. The first-order valence-corrected chi connectivity index (χ1v) is 26.5. The Balaban J connectivity index is 4.27. The molecule has 0 bridgehead atoms. The van der Waals surface area contributed by atoms with Gasteiger partial charge in [0.2, 0.25) is 0 Å². The molecule has 0 aliphatic heterocycles. The Morgan fingerprint density at radius 3 is 0.678 bits per heavy atom. The number of carbonyl (C=O) groups is 3. The van der Waals surface area contributed by atoms with Crippen molar-refractivity contribution in [2.45, 2.75) is 309 Å². The van der Waals surface area contributed by atoms with Gasteiger partial charge in [-0.05, 0) is 19.3 Å². The quantitative estimate of drug-likeness (QED) is 0.0345. The van der Waals surface area contributed by atoms with Gasteiger partial charge in [0.15, 0.2) is 6.10 Å². The summed E-state index contributed by atoms with van der Waals surface area (Å²) >= 11 is 0. The first-order chi connectivity index (χ1) is 29.0. The molecule has 0 rings (SSSR count). The van der Waals surface area contributed by atoms with Gasteiger partial charge in [0.25, 0.3) is 0 Å². The molecule has 0 unspecified atom stereocenters. The second-order valence-corrected chi connectivity index (χ2v) is 18.2. The summed E-state index contributed by atoms with van der Waals surface area (Å²) in [5.74, 6) is -0.840. The maximum atomic E-state index is 12.8. The van der Waals surface area contributed by atoms with Crippen molar-refractivity contribution in [1.82, 2.24) is 0 Å². The van der Waals surface area contributed by atoms with Crippen LogP contribution >= 0.6 is 0 Å². The summed E-state index contributed by atoms with van der Waals surface area (Å²) in [6.07, 6.45) is 52.3. The topological polar surface area (TPSA) is 78.9 Å². The number of hydrogen-bond donors (Lipinski definition) is 0.